The van der Waals surface area contributed by atoms with Gasteiger partial charge in [0.05, 0.1) is 33.3 Å². The average Bonchev–Trinajstić information content (AvgIpc) is 3.80. The lowest BCUT2D eigenvalue weighted by atomic mass is 10.0. The van der Waals surface area contributed by atoms with E-state index in [4.69, 9.17) is 19.9 Å². The topological polar surface area (TPSA) is 61.4 Å². The van der Waals surface area contributed by atoms with E-state index >= 15 is 0 Å². The third-order valence-electron chi connectivity index (χ3n) is 10.6. The first-order valence-corrected chi connectivity index (χ1v) is 18.7. The lowest BCUT2D eigenvalue weighted by Crippen LogP contribution is -2.08. The Morgan fingerprint density at radius 3 is 1.39 bits per heavy atom. The van der Waals surface area contributed by atoms with Crippen molar-refractivity contribution >= 4 is 43.7 Å². The second-order valence-corrected chi connectivity index (χ2v) is 13.9. The molecule has 0 saturated heterocycles. The molecule has 0 unspecified atom stereocenters. The number of aromatic nitrogens is 6. The van der Waals surface area contributed by atoms with E-state index in [-0.39, 0.29) is 0 Å². The first kappa shape index (κ1) is 31.8. The Balaban J connectivity index is 1.24. The molecule has 262 valence electrons. The summed E-state index contributed by atoms with van der Waals surface area (Å²) in [6, 6.07) is 65.6. The molecule has 0 bridgehead atoms. The van der Waals surface area contributed by atoms with Crippen molar-refractivity contribution in [1.82, 2.24) is 29.1 Å². The highest BCUT2D eigenvalue weighted by atomic mass is 15.2. The molecule has 0 spiro atoms. The van der Waals surface area contributed by atoms with Gasteiger partial charge in [-0.3, -0.25) is 9.55 Å². The van der Waals surface area contributed by atoms with Gasteiger partial charge in [-0.1, -0.05) is 146 Å². The maximum atomic E-state index is 5.21. The van der Waals surface area contributed by atoms with E-state index < -0.39 is 0 Å². The van der Waals surface area contributed by atoms with Crippen LogP contribution < -0.4 is 0 Å². The van der Waals surface area contributed by atoms with Gasteiger partial charge in [-0.2, -0.15) is 9.97 Å². The second kappa shape index (κ2) is 13.0. The molecule has 0 aliphatic rings. The monoisotopic (exact) mass is 716 g/mol. The molecule has 4 aromatic heterocycles. The van der Waals surface area contributed by atoms with Crippen molar-refractivity contribution in [2.45, 2.75) is 0 Å². The highest BCUT2D eigenvalue weighted by Gasteiger charge is 2.23. The smallest absolute Gasteiger partial charge is 0.238 e. The van der Waals surface area contributed by atoms with Gasteiger partial charge < -0.3 is 4.57 Å². The van der Waals surface area contributed by atoms with Crippen molar-refractivity contribution in [3.8, 4) is 56.7 Å². The van der Waals surface area contributed by atoms with E-state index in [0.29, 0.717) is 17.6 Å². The van der Waals surface area contributed by atoms with E-state index in [2.05, 4.69) is 130 Å². The Morgan fingerprint density at radius 1 is 0.339 bits per heavy atom. The molecule has 11 rings (SSSR count). The minimum atomic E-state index is 0.525. The van der Waals surface area contributed by atoms with Gasteiger partial charge in [0, 0.05) is 33.5 Å². The maximum Gasteiger partial charge on any atom is 0.238 e. The lowest BCUT2D eigenvalue weighted by Gasteiger charge is -2.15. The normalized spacial score (nSPS) is 11.6. The first-order chi connectivity index (χ1) is 27.8. The van der Waals surface area contributed by atoms with Crippen LogP contribution in [0.2, 0.25) is 0 Å². The molecule has 0 aliphatic heterocycles. The van der Waals surface area contributed by atoms with Crippen LogP contribution in [0.5, 0.6) is 0 Å². The Hall–Kier alpha value is -7.70. The maximum absolute atomic E-state index is 5.21. The molecule has 11 aromatic rings. The zero-order valence-corrected chi connectivity index (χ0v) is 30.2. The van der Waals surface area contributed by atoms with E-state index in [1.54, 1.807) is 0 Å². The van der Waals surface area contributed by atoms with Gasteiger partial charge in [-0.05, 0) is 64.7 Å². The van der Waals surface area contributed by atoms with Crippen LogP contribution in [0, 0.1) is 0 Å². The highest BCUT2D eigenvalue weighted by Crippen LogP contribution is 2.41. The Morgan fingerprint density at radius 2 is 0.857 bits per heavy atom. The minimum absolute atomic E-state index is 0.525. The van der Waals surface area contributed by atoms with Crippen molar-refractivity contribution in [2.24, 2.45) is 0 Å². The Kier molecular flexibility index (Phi) is 7.38. The number of fused-ring (bicyclic) bond motifs is 6. The molecular weight excluding hydrogens is 685 g/mol. The molecule has 6 nitrogen and oxygen atoms in total. The predicted molar refractivity (Wildman–Crippen MR) is 228 cm³/mol. The number of pyridine rings is 1. The number of nitrogens with zero attached hydrogens (tertiary/aromatic N) is 6. The van der Waals surface area contributed by atoms with Gasteiger partial charge in [-0.15, -0.1) is 0 Å². The molecule has 0 N–H and O–H groups in total. The fourth-order valence-electron chi connectivity index (χ4n) is 8.05. The summed E-state index contributed by atoms with van der Waals surface area (Å²) in [6.45, 7) is 0. The highest BCUT2D eigenvalue weighted by molar-refractivity contribution is 6.15. The van der Waals surface area contributed by atoms with Crippen LogP contribution >= 0.6 is 0 Å². The van der Waals surface area contributed by atoms with Crippen LogP contribution in [0.15, 0.2) is 194 Å². The summed E-state index contributed by atoms with van der Waals surface area (Å²) < 4.78 is 4.56. The summed E-state index contributed by atoms with van der Waals surface area (Å²) in [4.78, 5) is 20.4. The fourth-order valence-corrected chi connectivity index (χ4v) is 8.05. The van der Waals surface area contributed by atoms with Gasteiger partial charge in [0.1, 0.15) is 0 Å². The minimum Gasteiger partial charge on any atom is -0.307 e. The molecule has 0 radical (unpaired) electrons. The van der Waals surface area contributed by atoms with Crippen molar-refractivity contribution in [2.75, 3.05) is 0 Å². The van der Waals surface area contributed by atoms with Crippen molar-refractivity contribution in [3.05, 3.63) is 194 Å². The van der Waals surface area contributed by atoms with E-state index in [0.717, 1.165) is 49.8 Å². The Bertz CT molecular complexity index is 3070. The summed E-state index contributed by atoms with van der Waals surface area (Å²) in [5.41, 5.74) is 12.5. The molecule has 0 saturated carbocycles. The fraction of sp³-hybridized carbons (Fsp3) is 0. The quantitative estimate of drug-likeness (QED) is 0.172. The molecular formula is C50H32N6. The molecule has 0 atom stereocenters. The molecule has 56 heavy (non-hydrogen) atoms. The zero-order chi connectivity index (χ0) is 37.0. The van der Waals surface area contributed by atoms with Gasteiger partial charge in [-0.25, -0.2) is 4.98 Å². The second-order valence-electron chi connectivity index (χ2n) is 13.9. The number of para-hydroxylation sites is 1. The number of hydrogen-bond donors (Lipinski definition) is 0. The molecule has 6 heteroatoms. The van der Waals surface area contributed by atoms with Crippen LogP contribution in [-0.4, -0.2) is 29.1 Å². The van der Waals surface area contributed by atoms with Gasteiger partial charge in [0.15, 0.2) is 11.6 Å². The van der Waals surface area contributed by atoms with Crippen LogP contribution in [0.25, 0.3) is 100 Å². The molecule has 0 fully saturated rings. The number of rotatable bonds is 6. The summed E-state index contributed by atoms with van der Waals surface area (Å²) >= 11 is 0. The van der Waals surface area contributed by atoms with Gasteiger partial charge >= 0.3 is 0 Å². The van der Waals surface area contributed by atoms with Crippen molar-refractivity contribution < 1.29 is 0 Å². The van der Waals surface area contributed by atoms with Crippen LogP contribution in [0.3, 0.4) is 0 Å². The van der Waals surface area contributed by atoms with Gasteiger partial charge in [0.25, 0.3) is 0 Å². The van der Waals surface area contributed by atoms with Crippen molar-refractivity contribution in [3.63, 3.8) is 0 Å². The van der Waals surface area contributed by atoms with Crippen LogP contribution in [0.4, 0.5) is 0 Å². The summed E-state index contributed by atoms with van der Waals surface area (Å²) in [7, 11) is 0. The third-order valence-corrected chi connectivity index (χ3v) is 10.6. The molecule has 0 amide bonds. The van der Waals surface area contributed by atoms with Crippen LogP contribution in [0.1, 0.15) is 0 Å². The molecule has 7 aromatic carbocycles. The standard InChI is InChI=1S/C50H32N6/c1-5-15-33(16-6-1)37-26-28-42-40(31-37)41-32-38(34-17-7-2-8-18-34)27-29-43(41)55(42)45-24-13-23-39-46-44(25-14-30-51-46)56(47(39)45)50-53-48(35-19-9-3-10-20-35)52-49(54-50)36-21-11-4-12-22-36/h1-32H. The predicted octanol–water partition coefficient (Wildman–Crippen LogP) is 12.1. The van der Waals surface area contributed by atoms with Crippen molar-refractivity contribution in [1.29, 1.82) is 0 Å². The van der Waals surface area contributed by atoms with Gasteiger partial charge in [0.2, 0.25) is 5.95 Å². The largest absolute Gasteiger partial charge is 0.307 e. The van der Waals surface area contributed by atoms with Crippen LogP contribution in [-0.2, 0) is 0 Å². The number of benzene rings is 7. The van der Waals surface area contributed by atoms with E-state index in [1.165, 1.54) is 33.0 Å². The zero-order valence-electron chi connectivity index (χ0n) is 30.2. The summed E-state index contributed by atoms with van der Waals surface area (Å²) in [5, 5.41) is 3.36. The average molecular weight is 717 g/mol. The summed E-state index contributed by atoms with van der Waals surface area (Å²) in [5.74, 6) is 1.73. The first-order valence-electron chi connectivity index (χ1n) is 18.7. The number of hydrogen-bond acceptors (Lipinski definition) is 4. The summed E-state index contributed by atoms with van der Waals surface area (Å²) in [6.07, 6.45) is 1.85. The lowest BCUT2D eigenvalue weighted by molar-refractivity contribution is 0.949. The Labute approximate surface area is 322 Å². The van der Waals surface area contributed by atoms with E-state index in [1.807, 2.05) is 72.9 Å². The SMILES string of the molecule is c1ccc(-c2ccc3c(c2)c2cc(-c4ccccc4)ccc2n3-c2cccc3c4ncccc4n(-c4nc(-c5ccccc5)nc(-c5ccccc5)n4)c23)cc1. The molecule has 0 aliphatic carbocycles. The molecule has 4 heterocycles. The third kappa shape index (κ3) is 5.19. The van der Waals surface area contributed by atoms with E-state index in [9.17, 15) is 0 Å².